The molecule has 0 fully saturated rings. The molecule has 3 aromatic carbocycles. The van der Waals surface area contributed by atoms with Gasteiger partial charge in [0.2, 0.25) is 0 Å². The van der Waals surface area contributed by atoms with E-state index >= 15 is 0 Å². The van der Waals surface area contributed by atoms with Gasteiger partial charge in [-0.15, -0.1) is 0 Å². The molecule has 3 aromatic rings. The fraction of sp³-hybridized carbons (Fsp3) is 0.227. The normalized spacial score (nSPS) is 11.2. The molecule has 0 saturated heterocycles. The van der Waals surface area contributed by atoms with Gasteiger partial charge in [-0.3, -0.25) is 0 Å². The van der Waals surface area contributed by atoms with Crippen LogP contribution in [0.1, 0.15) is 26.3 Å². The van der Waals surface area contributed by atoms with Gasteiger partial charge in [0.1, 0.15) is 18.1 Å². The van der Waals surface area contributed by atoms with Gasteiger partial charge in [0.25, 0.3) is 0 Å². The van der Waals surface area contributed by atoms with Crippen LogP contribution in [-0.4, -0.2) is 11.6 Å². The van der Waals surface area contributed by atoms with E-state index in [9.17, 15) is 4.79 Å². The van der Waals surface area contributed by atoms with Crippen molar-refractivity contribution in [2.45, 2.75) is 32.9 Å². The molecule has 0 aliphatic carbocycles. The topological polar surface area (TPSA) is 47.6 Å². The molecule has 1 N–H and O–H groups in total. The maximum absolute atomic E-state index is 12.1. The highest BCUT2D eigenvalue weighted by molar-refractivity contribution is 5.91. The number of nitrogens with one attached hydrogen (secondary N) is 1. The van der Waals surface area contributed by atoms with Gasteiger partial charge >= 0.3 is 6.09 Å². The molecule has 134 valence electrons. The molecule has 3 rings (SSSR count). The minimum absolute atomic E-state index is 0.356. The molecule has 4 nitrogen and oxygen atoms in total. The first-order chi connectivity index (χ1) is 12.4. The first-order valence-electron chi connectivity index (χ1n) is 8.60. The lowest BCUT2D eigenvalue weighted by Crippen LogP contribution is -2.42. The van der Waals surface area contributed by atoms with E-state index in [1.165, 1.54) is 0 Å². The SMILES string of the molecule is CC(C)(C)NC(=O)Oc1cccc2ccc(OCc3ccccc3)cc12. The molecule has 0 aromatic heterocycles. The molecule has 0 spiro atoms. The van der Waals surface area contributed by atoms with Crippen LogP contribution in [0.4, 0.5) is 4.79 Å². The Morgan fingerprint density at radius 2 is 1.73 bits per heavy atom. The van der Waals surface area contributed by atoms with Crippen LogP contribution in [0, 0.1) is 0 Å². The number of hydrogen-bond acceptors (Lipinski definition) is 3. The predicted molar refractivity (Wildman–Crippen MR) is 104 cm³/mol. The molecule has 0 atom stereocenters. The third-order valence-corrected chi connectivity index (χ3v) is 3.74. The standard InChI is InChI=1S/C22H23NO3/c1-22(2,3)23-21(24)26-20-11-7-10-17-12-13-18(14-19(17)20)25-15-16-8-5-4-6-9-16/h4-14H,15H2,1-3H3,(H,23,24). The van der Waals surface area contributed by atoms with Gasteiger partial charge in [-0.2, -0.15) is 0 Å². The number of carbonyl (C=O) groups is 1. The van der Waals surface area contributed by atoms with Crippen LogP contribution in [0.25, 0.3) is 10.8 Å². The van der Waals surface area contributed by atoms with Crippen LogP contribution in [0.2, 0.25) is 0 Å². The molecule has 0 saturated carbocycles. The summed E-state index contributed by atoms with van der Waals surface area (Å²) < 4.78 is 11.4. The summed E-state index contributed by atoms with van der Waals surface area (Å²) in [6.07, 6.45) is -0.472. The van der Waals surface area contributed by atoms with Gasteiger partial charge in [0, 0.05) is 10.9 Å². The average Bonchev–Trinajstić information content (AvgIpc) is 2.59. The van der Waals surface area contributed by atoms with E-state index in [2.05, 4.69) is 5.32 Å². The van der Waals surface area contributed by atoms with Gasteiger partial charge < -0.3 is 14.8 Å². The molecule has 0 radical (unpaired) electrons. The number of amides is 1. The third kappa shape index (κ3) is 4.76. The van der Waals surface area contributed by atoms with E-state index < -0.39 is 6.09 Å². The summed E-state index contributed by atoms with van der Waals surface area (Å²) >= 11 is 0. The van der Waals surface area contributed by atoms with Crippen molar-refractivity contribution < 1.29 is 14.3 Å². The minimum Gasteiger partial charge on any atom is -0.489 e. The Morgan fingerprint density at radius 3 is 2.46 bits per heavy atom. The molecule has 0 unspecified atom stereocenters. The monoisotopic (exact) mass is 349 g/mol. The second-order valence-electron chi connectivity index (χ2n) is 7.18. The fourth-order valence-electron chi connectivity index (χ4n) is 2.57. The van der Waals surface area contributed by atoms with Gasteiger partial charge in [0.05, 0.1) is 0 Å². The smallest absolute Gasteiger partial charge is 0.413 e. The van der Waals surface area contributed by atoms with Gasteiger partial charge in [-0.05, 0) is 49.9 Å². The molecule has 4 heteroatoms. The Hall–Kier alpha value is -3.01. The van der Waals surface area contributed by atoms with Crippen molar-refractivity contribution in [2.24, 2.45) is 0 Å². The summed E-state index contributed by atoms with van der Waals surface area (Å²) in [6, 6.07) is 21.4. The van der Waals surface area contributed by atoms with Crippen molar-refractivity contribution in [3.8, 4) is 11.5 Å². The Morgan fingerprint density at radius 1 is 0.962 bits per heavy atom. The van der Waals surface area contributed by atoms with Gasteiger partial charge in [0.15, 0.2) is 0 Å². The first-order valence-corrected chi connectivity index (χ1v) is 8.60. The maximum Gasteiger partial charge on any atom is 0.413 e. The molecular formula is C22H23NO3. The van der Waals surface area contributed by atoms with Crippen LogP contribution >= 0.6 is 0 Å². The zero-order chi connectivity index (χ0) is 18.6. The number of rotatable bonds is 4. The minimum atomic E-state index is -0.472. The van der Waals surface area contributed by atoms with Gasteiger partial charge in [-0.1, -0.05) is 48.5 Å². The quantitative estimate of drug-likeness (QED) is 0.695. The van der Waals surface area contributed by atoms with Crippen LogP contribution in [-0.2, 0) is 6.61 Å². The summed E-state index contributed by atoms with van der Waals surface area (Å²) in [5, 5.41) is 4.62. The Bertz CT molecular complexity index is 898. The van der Waals surface area contributed by atoms with Crippen molar-refractivity contribution in [2.75, 3.05) is 0 Å². The second-order valence-corrected chi connectivity index (χ2v) is 7.18. The van der Waals surface area contributed by atoms with Crippen LogP contribution in [0.3, 0.4) is 0 Å². The number of ether oxygens (including phenoxy) is 2. The van der Waals surface area contributed by atoms with Crippen molar-refractivity contribution in [1.29, 1.82) is 0 Å². The zero-order valence-corrected chi connectivity index (χ0v) is 15.3. The zero-order valence-electron chi connectivity index (χ0n) is 15.3. The van der Waals surface area contributed by atoms with E-state index in [-0.39, 0.29) is 5.54 Å². The van der Waals surface area contributed by atoms with Crippen molar-refractivity contribution >= 4 is 16.9 Å². The van der Waals surface area contributed by atoms with E-state index in [4.69, 9.17) is 9.47 Å². The highest BCUT2D eigenvalue weighted by Gasteiger charge is 2.16. The Labute approximate surface area is 153 Å². The number of hydrogen-bond donors (Lipinski definition) is 1. The lowest BCUT2D eigenvalue weighted by atomic mass is 10.1. The van der Waals surface area contributed by atoms with Crippen LogP contribution in [0.15, 0.2) is 66.7 Å². The van der Waals surface area contributed by atoms with E-state index in [0.29, 0.717) is 12.4 Å². The van der Waals surface area contributed by atoms with Crippen molar-refractivity contribution in [3.05, 3.63) is 72.3 Å². The number of fused-ring (bicyclic) bond motifs is 1. The lowest BCUT2D eigenvalue weighted by molar-refractivity contribution is 0.191. The highest BCUT2D eigenvalue weighted by Crippen LogP contribution is 2.29. The molecule has 0 heterocycles. The summed E-state index contributed by atoms with van der Waals surface area (Å²) in [6.45, 7) is 6.21. The predicted octanol–water partition coefficient (Wildman–Crippen LogP) is 5.31. The van der Waals surface area contributed by atoms with E-state index in [0.717, 1.165) is 22.1 Å². The largest absolute Gasteiger partial charge is 0.489 e. The number of carbonyl (C=O) groups excluding carboxylic acids is 1. The Kier molecular flexibility index (Phi) is 5.12. The molecule has 0 aliphatic rings. The van der Waals surface area contributed by atoms with Crippen molar-refractivity contribution in [3.63, 3.8) is 0 Å². The van der Waals surface area contributed by atoms with Gasteiger partial charge in [-0.25, -0.2) is 4.79 Å². The van der Waals surface area contributed by atoms with E-state index in [1.54, 1.807) is 6.07 Å². The fourth-order valence-corrected chi connectivity index (χ4v) is 2.57. The molecule has 26 heavy (non-hydrogen) atoms. The molecular weight excluding hydrogens is 326 g/mol. The second kappa shape index (κ2) is 7.48. The maximum atomic E-state index is 12.1. The van der Waals surface area contributed by atoms with Crippen molar-refractivity contribution in [1.82, 2.24) is 5.32 Å². The van der Waals surface area contributed by atoms with Crippen LogP contribution in [0.5, 0.6) is 11.5 Å². The van der Waals surface area contributed by atoms with Crippen LogP contribution < -0.4 is 14.8 Å². The summed E-state index contributed by atoms with van der Waals surface area (Å²) in [4.78, 5) is 12.1. The average molecular weight is 349 g/mol. The highest BCUT2D eigenvalue weighted by atomic mass is 16.6. The molecule has 0 bridgehead atoms. The Balaban J connectivity index is 1.80. The third-order valence-electron chi connectivity index (χ3n) is 3.74. The first kappa shape index (κ1) is 17.8. The number of benzene rings is 3. The summed E-state index contributed by atoms with van der Waals surface area (Å²) in [5.74, 6) is 1.24. The summed E-state index contributed by atoms with van der Waals surface area (Å²) in [5.41, 5.74) is 0.743. The van der Waals surface area contributed by atoms with E-state index in [1.807, 2.05) is 81.4 Å². The molecule has 1 amide bonds. The summed E-state index contributed by atoms with van der Waals surface area (Å²) in [7, 11) is 0. The lowest BCUT2D eigenvalue weighted by Gasteiger charge is -2.20. The molecule has 0 aliphatic heterocycles.